The molecule has 6 heteroatoms. The molecule has 20 heavy (non-hydrogen) atoms. The lowest BCUT2D eigenvalue weighted by molar-refractivity contribution is -0.192. The number of hydrogen-bond donors (Lipinski definition) is 2. The molecule has 0 fully saturated rings. The molecular weight excluding hydrogens is 273 g/mol. The minimum absolute atomic E-state index is 0.404. The predicted molar refractivity (Wildman–Crippen MR) is 68.7 cm³/mol. The third-order valence-corrected chi connectivity index (χ3v) is 2.61. The molecule has 3 nitrogen and oxygen atoms in total. The second-order valence-corrected chi connectivity index (χ2v) is 3.94. The minimum Gasteiger partial charge on any atom is -0.508 e. The summed E-state index contributed by atoms with van der Waals surface area (Å²) in [4.78, 5) is 8.90. The van der Waals surface area contributed by atoms with E-state index < -0.39 is 12.1 Å². The number of fused-ring (bicyclic) bond motifs is 1. The lowest BCUT2D eigenvalue weighted by Gasteiger charge is -2.05. The zero-order valence-corrected chi connectivity index (χ0v) is 10.6. The SMILES string of the molecule is CCc1c(O)ccc2ccccc12.O=C(O)C(F)(F)F. The number of carbonyl (C=O) groups is 1. The number of aryl methyl sites for hydroxylation is 1. The topological polar surface area (TPSA) is 57.5 Å². The van der Waals surface area contributed by atoms with Crippen LogP contribution in [0, 0.1) is 0 Å². The average molecular weight is 286 g/mol. The maximum atomic E-state index is 10.6. The molecule has 0 atom stereocenters. The number of aromatic hydroxyl groups is 1. The number of rotatable bonds is 1. The van der Waals surface area contributed by atoms with E-state index >= 15 is 0 Å². The van der Waals surface area contributed by atoms with Gasteiger partial charge in [0, 0.05) is 5.56 Å². The highest BCUT2D eigenvalue weighted by Crippen LogP contribution is 2.27. The summed E-state index contributed by atoms with van der Waals surface area (Å²) < 4.78 is 31.7. The Kier molecular flexibility index (Phi) is 4.96. The van der Waals surface area contributed by atoms with Crippen molar-refractivity contribution in [1.82, 2.24) is 0 Å². The van der Waals surface area contributed by atoms with Crippen LogP contribution in [-0.2, 0) is 11.2 Å². The molecule has 0 heterocycles. The Bertz CT molecular complexity index is 606. The van der Waals surface area contributed by atoms with Crippen LogP contribution in [0.15, 0.2) is 36.4 Å². The van der Waals surface area contributed by atoms with Crippen molar-refractivity contribution < 1.29 is 28.2 Å². The number of benzene rings is 2. The molecule has 2 aromatic rings. The Hall–Kier alpha value is -2.24. The summed E-state index contributed by atoms with van der Waals surface area (Å²) in [7, 11) is 0. The highest BCUT2D eigenvalue weighted by atomic mass is 19.4. The van der Waals surface area contributed by atoms with Gasteiger partial charge in [-0.3, -0.25) is 0 Å². The highest BCUT2D eigenvalue weighted by molar-refractivity contribution is 5.87. The molecule has 0 saturated heterocycles. The third kappa shape index (κ3) is 3.88. The normalized spacial score (nSPS) is 10.8. The molecule has 0 radical (unpaired) electrons. The number of aliphatic carboxylic acids is 1. The lowest BCUT2D eigenvalue weighted by Crippen LogP contribution is -2.21. The van der Waals surface area contributed by atoms with Gasteiger partial charge in [-0.15, -0.1) is 0 Å². The summed E-state index contributed by atoms with van der Waals surface area (Å²) >= 11 is 0. The van der Waals surface area contributed by atoms with Crippen molar-refractivity contribution in [2.45, 2.75) is 19.5 Å². The van der Waals surface area contributed by atoms with E-state index in [0.717, 1.165) is 17.4 Å². The van der Waals surface area contributed by atoms with Crippen molar-refractivity contribution in [3.05, 3.63) is 42.0 Å². The van der Waals surface area contributed by atoms with Gasteiger partial charge in [0.1, 0.15) is 5.75 Å². The van der Waals surface area contributed by atoms with Crippen LogP contribution in [0.25, 0.3) is 10.8 Å². The van der Waals surface area contributed by atoms with E-state index in [1.165, 1.54) is 5.39 Å². The molecule has 0 saturated carbocycles. The van der Waals surface area contributed by atoms with E-state index in [1.807, 2.05) is 24.3 Å². The summed E-state index contributed by atoms with van der Waals surface area (Å²) in [5, 5.41) is 19.1. The summed E-state index contributed by atoms with van der Waals surface area (Å²) in [5.41, 5.74) is 1.04. The van der Waals surface area contributed by atoms with Gasteiger partial charge in [-0.25, -0.2) is 4.79 Å². The average Bonchev–Trinajstić information content (AvgIpc) is 2.38. The molecule has 2 rings (SSSR count). The van der Waals surface area contributed by atoms with Crippen LogP contribution in [0.5, 0.6) is 5.75 Å². The van der Waals surface area contributed by atoms with Crippen LogP contribution in [-0.4, -0.2) is 22.4 Å². The van der Waals surface area contributed by atoms with E-state index in [-0.39, 0.29) is 0 Å². The van der Waals surface area contributed by atoms with Gasteiger partial charge in [-0.2, -0.15) is 13.2 Å². The van der Waals surface area contributed by atoms with Crippen LogP contribution in [0.4, 0.5) is 13.2 Å². The molecule has 0 aromatic heterocycles. The van der Waals surface area contributed by atoms with Crippen molar-refractivity contribution in [2.75, 3.05) is 0 Å². The molecule has 0 spiro atoms. The maximum Gasteiger partial charge on any atom is 0.490 e. The number of carboxylic acids is 1. The monoisotopic (exact) mass is 286 g/mol. The maximum absolute atomic E-state index is 10.6. The number of hydrogen-bond acceptors (Lipinski definition) is 2. The van der Waals surface area contributed by atoms with Gasteiger partial charge in [0.15, 0.2) is 0 Å². The highest BCUT2D eigenvalue weighted by Gasteiger charge is 2.38. The first kappa shape index (κ1) is 15.8. The minimum atomic E-state index is -5.08. The van der Waals surface area contributed by atoms with Crippen LogP contribution >= 0.6 is 0 Å². The Labute approximate surface area is 113 Å². The standard InChI is InChI=1S/C12H12O.C2HF3O2/c1-2-10-11-6-4-3-5-9(11)7-8-12(10)13;3-2(4,5)1(6)7/h3-8,13H,2H2,1H3;(H,6,7). The molecule has 0 aliphatic rings. The summed E-state index contributed by atoms with van der Waals surface area (Å²) in [6.45, 7) is 2.06. The molecule has 0 amide bonds. The van der Waals surface area contributed by atoms with Gasteiger partial charge >= 0.3 is 12.1 Å². The molecular formula is C14H13F3O3. The predicted octanol–water partition coefficient (Wildman–Crippen LogP) is 3.74. The van der Waals surface area contributed by atoms with E-state index in [4.69, 9.17) is 9.90 Å². The van der Waals surface area contributed by atoms with Gasteiger partial charge in [0.05, 0.1) is 0 Å². The molecule has 0 bridgehead atoms. The largest absolute Gasteiger partial charge is 0.508 e. The van der Waals surface area contributed by atoms with E-state index in [1.54, 1.807) is 6.07 Å². The van der Waals surface area contributed by atoms with Gasteiger partial charge in [0.2, 0.25) is 0 Å². The van der Waals surface area contributed by atoms with Crippen molar-refractivity contribution >= 4 is 16.7 Å². The Morgan fingerprint density at radius 2 is 1.70 bits per heavy atom. The van der Waals surface area contributed by atoms with Crippen molar-refractivity contribution in [2.24, 2.45) is 0 Å². The molecule has 0 aliphatic carbocycles. The van der Waals surface area contributed by atoms with Gasteiger partial charge in [0.25, 0.3) is 0 Å². The summed E-state index contributed by atoms with van der Waals surface area (Å²) in [5.74, 6) is -2.35. The van der Waals surface area contributed by atoms with E-state index in [0.29, 0.717) is 5.75 Å². The van der Waals surface area contributed by atoms with Crippen molar-refractivity contribution in [3.63, 3.8) is 0 Å². The third-order valence-electron chi connectivity index (χ3n) is 2.61. The molecule has 108 valence electrons. The fraction of sp³-hybridized carbons (Fsp3) is 0.214. The van der Waals surface area contributed by atoms with Crippen LogP contribution in [0.3, 0.4) is 0 Å². The van der Waals surface area contributed by atoms with E-state index in [2.05, 4.69) is 13.0 Å². The quantitative estimate of drug-likeness (QED) is 0.839. The number of phenolic OH excluding ortho intramolecular Hbond substituents is 1. The van der Waals surface area contributed by atoms with Crippen LogP contribution in [0.1, 0.15) is 12.5 Å². The first-order valence-corrected chi connectivity index (χ1v) is 5.77. The molecule has 0 unspecified atom stereocenters. The van der Waals surface area contributed by atoms with Crippen molar-refractivity contribution in [3.8, 4) is 5.75 Å². The summed E-state index contributed by atoms with van der Waals surface area (Å²) in [6, 6.07) is 11.8. The van der Waals surface area contributed by atoms with Crippen LogP contribution < -0.4 is 0 Å². The number of alkyl halides is 3. The first-order valence-electron chi connectivity index (χ1n) is 5.77. The zero-order valence-electron chi connectivity index (χ0n) is 10.6. The lowest BCUT2D eigenvalue weighted by atomic mass is 10.0. The van der Waals surface area contributed by atoms with Gasteiger partial charge in [-0.05, 0) is 23.3 Å². The Balaban J connectivity index is 0.000000246. The van der Waals surface area contributed by atoms with Crippen molar-refractivity contribution in [1.29, 1.82) is 0 Å². The number of carboxylic acid groups (broad SMARTS) is 1. The Morgan fingerprint density at radius 3 is 2.20 bits per heavy atom. The second kappa shape index (κ2) is 6.27. The fourth-order valence-electron chi connectivity index (χ4n) is 1.70. The van der Waals surface area contributed by atoms with Crippen LogP contribution in [0.2, 0.25) is 0 Å². The Morgan fingerprint density at radius 1 is 1.15 bits per heavy atom. The molecule has 2 N–H and O–H groups in total. The molecule has 0 aliphatic heterocycles. The smallest absolute Gasteiger partial charge is 0.490 e. The zero-order chi connectivity index (χ0) is 15.3. The van der Waals surface area contributed by atoms with Gasteiger partial charge < -0.3 is 10.2 Å². The van der Waals surface area contributed by atoms with E-state index in [9.17, 15) is 18.3 Å². The second-order valence-electron chi connectivity index (χ2n) is 3.94. The van der Waals surface area contributed by atoms with Gasteiger partial charge in [-0.1, -0.05) is 37.3 Å². The fourth-order valence-corrected chi connectivity index (χ4v) is 1.70. The molecule has 2 aromatic carbocycles. The number of halogens is 3. The summed E-state index contributed by atoms with van der Waals surface area (Å²) in [6.07, 6.45) is -4.22. The first-order chi connectivity index (χ1) is 9.27. The number of phenols is 1.